The second-order valence-corrected chi connectivity index (χ2v) is 6.29. The fourth-order valence-electron chi connectivity index (χ4n) is 3.53. The van der Waals surface area contributed by atoms with Crippen LogP contribution in [0.25, 0.3) is 0 Å². The summed E-state index contributed by atoms with van der Waals surface area (Å²) in [5.74, 6) is 0.273. The van der Waals surface area contributed by atoms with Gasteiger partial charge in [0.1, 0.15) is 5.38 Å². The lowest BCUT2D eigenvalue weighted by atomic mass is 9.68. The Morgan fingerprint density at radius 1 is 1.47 bits per heavy atom. The van der Waals surface area contributed by atoms with E-state index in [1.165, 1.54) is 19.3 Å². The van der Waals surface area contributed by atoms with Crippen molar-refractivity contribution in [3.63, 3.8) is 0 Å². The molecule has 0 aromatic carbocycles. The molecular formula is C13H22ClNO2. The first-order valence-electron chi connectivity index (χ1n) is 6.63. The van der Waals surface area contributed by atoms with Crippen molar-refractivity contribution in [2.75, 3.05) is 19.7 Å². The number of hydrogen-bond donors (Lipinski definition) is 1. The molecule has 1 aliphatic carbocycles. The van der Waals surface area contributed by atoms with Crippen LogP contribution in [0.2, 0.25) is 0 Å². The summed E-state index contributed by atoms with van der Waals surface area (Å²) in [4.78, 5) is 13.8. The molecule has 0 radical (unpaired) electrons. The molecule has 1 aliphatic heterocycles. The number of likely N-dealkylation sites (tertiary alicyclic amines) is 1. The summed E-state index contributed by atoms with van der Waals surface area (Å²) >= 11 is 5.87. The van der Waals surface area contributed by atoms with Crippen molar-refractivity contribution in [3.05, 3.63) is 0 Å². The minimum Gasteiger partial charge on any atom is -0.396 e. The second kappa shape index (κ2) is 5.15. The quantitative estimate of drug-likeness (QED) is 0.771. The molecule has 3 nitrogen and oxygen atoms in total. The summed E-state index contributed by atoms with van der Waals surface area (Å²) in [6.07, 6.45) is 6.06. The number of rotatable bonds is 2. The van der Waals surface area contributed by atoms with Crippen molar-refractivity contribution in [2.45, 2.75) is 44.4 Å². The lowest BCUT2D eigenvalue weighted by Gasteiger charge is -2.37. The predicted molar refractivity (Wildman–Crippen MR) is 68.0 cm³/mol. The monoisotopic (exact) mass is 259 g/mol. The molecule has 1 heterocycles. The number of hydrogen-bond acceptors (Lipinski definition) is 2. The Labute approximate surface area is 108 Å². The number of amides is 1. The van der Waals surface area contributed by atoms with Crippen LogP contribution in [-0.4, -0.2) is 41.0 Å². The summed E-state index contributed by atoms with van der Waals surface area (Å²) in [5, 5.41) is 9.10. The maximum atomic E-state index is 11.9. The Balaban J connectivity index is 2.10. The molecule has 2 rings (SSSR count). The van der Waals surface area contributed by atoms with E-state index in [4.69, 9.17) is 11.6 Å². The Bertz CT molecular complexity index is 287. The van der Waals surface area contributed by atoms with Gasteiger partial charge < -0.3 is 10.0 Å². The average Bonchev–Trinajstić information content (AvgIpc) is 2.67. The van der Waals surface area contributed by atoms with Crippen LogP contribution >= 0.6 is 11.6 Å². The zero-order valence-electron chi connectivity index (χ0n) is 10.5. The normalized spacial score (nSPS) is 29.6. The molecule has 1 amide bonds. The minimum atomic E-state index is -0.451. The molecular weight excluding hydrogens is 238 g/mol. The van der Waals surface area contributed by atoms with E-state index in [-0.39, 0.29) is 23.8 Å². The van der Waals surface area contributed by atoms with Crippen LogP contribution in [0.5, 0.6) is 0 Å². The van der Waals surface area contributed by atoms with Crippen molar-refractivity contribution in [1.82, 2.24) is 4.90 Å². The molecule has 98 valence electrons. The van der Waals surface area contributed by atoms with Crippen molar-refractivity contribution < 1.29 is 9.90 Å². The van der Waals surface area contributed by atoms with Crippen LogP contribution in [0.1, 0.15) is 39.0 Å². The SMILES string of the molecule is C[C@H](Cl)C(=O)N1C[C@H](CO)C2(CCCCC2)C1. The van der Waals surface area contributed by atoms with Crippen LogP contribution < -0.4 is 0 Å². The van der Waals surface area contributed by atoms with E-state index < -0.39 is 5.38 Å². The summed E-state index contributed by atoms with van der Waals surface area (Å²) in [6, 6.07) is 0. The third-order valence-electron chi connectivity index (χ3n) is 4.53. The zero-order chi connectivity index (χ0) is 12.5. The molecule has 0 unspecified atom stereocenters. The van der Waals surface area contributed by atoms with Crippen LogP contribution in [0.15, 0.2) is 0 Å². The van der Waals surface area contributed by atoms with Gasteiger partial charge in [-0.05, 0) is 25.2 Å². The number of aliphatic hydroxyl groups excluding tert-OH is 1. The number of aliphatic hydroxyl groups is 1. The van der Waals surface area contributed by atoms with Crippen molar-refractivity contribution in [2.24, 2.45) is 11.3 Å². The lowest BCUT2D eigenvalue weighted by molar-refractivity contribution is -0.130. The van der Waals surface area contributed by atoms with Crippen molar-refractivity contribution in [3.8, 4) is 0 Å². The smallest absolute Gasteiger partial charge is 0.240 e. The third-order valence-corrected chi connectivity index (χ3v) is 4.72. The van der Waals surface area contributed by atoms with Gasteiger partial charge in [0.25, 0.3) is 0 Å². The predicted octanol–water partition coefficient (Wildman–Crippen LogP) is 2.01. The van der Waals surface area contributed by atoms with E-state index in [0.29, 0.717) is 6.54 Å². The summed E-state index contributed by atoms with van der Waals surface area (Å²) in [7, 11) is 0. The molecule has 1 saturated carbocycles. The molecule has 0 aromatic heterocycles. The van der Waals surface area contributed by atoms with Gasteiger partial charge in [-0.2, -0.15) is 0 Å². The van der Waals surface area contributed by atoms with E-state index in [2.05, 4.69) is 0 Å². The van der Waals surface area contributed by atoms with Gasteiger partial charge in [-0.3, -0.25) is 4.79 Å². The highest BCUT2D eigenvalue weighted by Crippen LogP contribution is 2.47. The first kappa shape index (κ1) is 13.2. The van der Waals surface area contributed by atoms with Crippen molar-refractivity contribution in [1.29, 1.82) is 0 Å². The fourth-order valence-corrected chi connectivity index (χ4v) is 3.66. The molecule has 0 bridgehead atoms. The van der Waals surface area contributed by atoms with Crippen molar-refractivity contribution >= 4 is 17.5 Å². The Hall–Kier alpha value is -0.280. The summed E-state index contributed by atoms with van der Waals surface area (Å²) < 4.78 is 0. The van der Waals surface area contributed by atoms with Crippen LogP contribution in [-0.2, 0) is 4.79 Å². The molecule has 2 aliphatic rings. The minimum absolute atomic E-state index is 0.0209. The summed E-state index contributed by atoms with van der Waals surface area (Å²) in [5.41, 5.74) is 0.175. The number of nitrogens with zero attached hydrogens (tertiary/aromatic N) is 1. The maximum absolute atomic E-state index is 11.9. The number of carbonyl (C=O) groups excluding carboxylic acids is 1. The zero-order valence-corrected chi connectivity index (χ0v) is 11.2. The second-order valence-electron chi connectivity index (χ2n) is 5.64. The summed E-state index contributed by atoms with van der Waals surface area (Å²) in [6.45, 7) is 3.41. The molecule has 1 spiro atoms. The van der Waals surface area contributed by atoms with Gasteiger partial charge in [0.15, 0.2) is 0 Å². The lowest BCUT2D eigenvalue weighted by Crippen LogP contribution is -2.37. The standard InChI is InChI=1S/C13H22ClNO2/c1-10(14)12(17)15-7-11(8-16)13(9-15)5-3-2-4-6-13/h10-11,16H,2-9H2,1H3/t10-,11+/m0/s1. The highest BCUT2D eigenvalue weighted by molar-refractivity contribution is 6.30. The van der Waals surface area contributed by atoms with Gasteiger partial charge in [-0.25, -0.2) is 0 Å². The van der Waals surface area contributed by atoms with Gasteiger partial charge in [0.2, 0.25) is 5.91 Å². The molecule has 2 fully saturated rings. The molecule has 1 saturated heterocycles. The van der Waals surface area contributed by atoms with Crippen LogP contribution in [0, 0.1) is 11.3 Å². The number of halogens is 1. The molecule has 2 atom stereocenters. The largest absolute Gasteiger partial charge is 0.396 e. The highest BCUT2D eigenvalue weighted by atomic mass is 35.5. The van der Waals surface area contributed by atoms with Crippen LogP contribution in [0.4, 0.5) is 0 Å². The van der Waals surface area contributed by atoms with Gasteiger partial charge in [-0.15, -0.1) is 11.6 Å². The van der Waals surface area contributed by atoms with E-state index in [1.54, 1.807) is 6.92 Å². The van der Waals surface area contributed by atoms with Gasteiger partial charge >= 0.3 is 0 Å². The molecule has 4 heteroatoms. The molecule has 17 heavy (non-hydrogen) atoms. The Morgan fingerprint density at radius 2 is 2.12 bits per heavy atom. The number of carbonyl (C=O) groups is 1. The van der Waals surface area contributed by atoms with E-state index in [9.17, 15) is 9.90 Å². The van der Waals surface area contributed by atoms with E-state index in [1.807, 2.05) is 4.90 Å². The Morgan fingerprint density at radius 3 is 2.65 bits per heavy atom. The molecule has 1 N–H and O–H groups in total. The van der Waals surface area contributed by atoms with Gasteiger partial charge in [0.05, 0.1) is 0 Å². The van der Waals surface area contributed by atoms with Crippen LogP contribution in [0.3, 0.4) is 0 Å². The maximum Gasteiger partial charge on any atom is 0.240 e. The molecule has 0 aromatic rings. The Kier molecular flexibility index (Phi) is 3.99. The first-order valence-corrected chi connectivity index (χ1v) is 7.06. The fraction of sp³-hybridized carbons (Fsp3) is 0.923. The first-order chi connectivity index (χ1) is 8.09. The average molecular weight is 260 g/mol. The number of alkyl halides is 1. The highest BCUT2D eigenvalue weighted by Gasteiger charge is 2.47. The van der Waals surface area contributed by atoms with E-state index in [0.717, 1.165) is 19.4 Å². The van der Waals surface area contributed by atoms with Gasteiger partial charge in [0, 0.05) is 25.6 Å². The third kappa shape index (κ3) is 2.45. The topological polar surface area (TPSA) is 40.5 Å². The van der Waals surface area contributed by atoms with Gasteiger partial charge in [-0.1, -0.05) is 19.3 Å². The van der Waals surface area contributed by atoms with E-state index >= 15 is 0 Å².